The van der Waals surface area contributed by atoms with Crippen molar-refractivity contribution in [3.8, 4) is 0 Å². The topological polar surface area (TPSA) is 37.3 Å². The molecule has 1 aliphatic carbocycles. The van der Waals surface area contributed by atoms with Crippen LogP contribution in [-0.2, 0) is 4.79 Å². The molecule has 1 atom stereocenters. The highest BCUT2D eigenvalue weighted by Gasteiger charge is 2.41. The largest absolute Gasteiger partial charge is 0.481 e. The van der Waals surface area contributed by atoms with Crippen molar-refractivity contribution in [2.24, 2.45) is 11.8 Å². The Morgan fingerprint density at radius 3 is 2.21 bits per heavy atom. The molecule has 0 spiro atoms. The minimum atomic E-state index is -1.60. The Bertz CT molecular complexity index is 202. The zero-order valence-electron chi connectivity index (χ0n) is 8.92. The third kappa shape index (κ3) is 2.69. The summed E-state index contributed by atoms with van der Waals surface area (Å²) in [6.07, 6.45) is 4.99. The normalized spacial score (nSPS) is 21.9. The molecule has 0 saturated heterocycles. The van der Waals surface area contributed by atoms with E-state index in [1.54, 1.807) is 0 Å². The number of aliphatic carboxylic acids is 1. The highest BCUT2D eigenvalue weighted by molar-refractivity contribution is 5.71. The second-order valence-electron chi connectivity index (χ2n) is 4.78. The molecule has 0 bridgehead atoms. The molecule has 1 N–H and O–H groups in total. The molecular formula is C11H19FO2. The van der Waals surface area contributed by atoms with Crippen LogP contribution in [0.2, 0.25) is 0 Å². The predicted molar refractivity (Wildman–Crippen MR) is 52.9 cm³/mol. The molecule has 1 fully saturated rings. The predicted octanol–water partition coefficient (Wildman–Crippen LogP) is 3.02. The van der Waals surface area contributed by atoms with Gasteiger partial charge in [-0.2, -0.15) is 0 Å². The van der Waals surface area contributed by atoms with E-state index in [9.17, 15) is 9.18 Å². The van der Waals surface area contributed by atoms with Crippen molar-refractivity contribution in [2.45, 2.75) is 51.6 Å². The standard InChI is InChI=1S/C11H19FO2/c1-11(2,12)9(10(13)14)8-6-4-3-5-7-8/h8-9H,3-7H2,1-2H3,(H,13,14). The van der Waals surface area contributed by atoms with Crippen LogP contribution in [0.25, 0.3) is 0 Å². The lowest BCUT2D eigenvalue weighted by Crippen LogP contribution is -2.39. The van der Waals surface area contributed by atoms with Gasteiger partial charge < -0.3 is 5.11 Å². The van der Waals surface area contributed by atoms with E-state index in [0.29, 0.717) is 0 Å². The van der Waals surface area contributed by atoms with E-state index in [-0.39, 0.29) is 5.92 Å². The van der Waals surface area contributed by atoms with Gasteiger partial charge in [-0.15, -0.1) is 0 Å². The van der Waals surface area contributed by atoms with Gasteiger partial charge >= 0.3 is 5.97 Å². The first-order valence-corrected chi connectivity index (χ1v) is 5.34. The molecule has 1 saturated carbocycles. The van der Waals surface area contributed by atoms with Gasteiger partial charge in [0, 0.05) is 0 Å². The van der Waals surface area contributed by atoms with Gasteiger partial charge in [-0.05, 0) is 32.6 Å². The van der Waals surface area contributed by atoms with Crippen molar-refractivity contribution < 1.29 is 14.3 Å². The summed E-state index contributed by atoms with van der Waals surface area (Å²) in [5.74, 6) is -1.78. The van der Waals surface area contributed by atoms with E-state index in [2.05, 4.69) is 0 Å². The summed E-state index contributed by atoms with van der Waals surface area (Å²) in [7, 11) is 0. The van der Waals surface area contributed by atoms with Crippen LogP contribution in [0, 0.1) is 11.8 Å². The first kappa shape index (κ1) is 11.5. The number of halogens is 1. The van der Waals surface area contributed by atoms with Crippen LogP contribution >= 0.6 is 0 Å². The summed E-state index contributed by atoms with van der Waals surface area (Å²) >= 11 is 0. The first-order chi connectivity index (χ1) is 6.43. The summed E-state index contributed by atoms with van der Waals surface area (Å²) in [6, 6.07) is 0. The van der Waals surface area contributed by atoms with E-state index in [0.717, 1.165) is 32.1 Å². The molecule has 1 unspecified atom stereocenters. The fourth-order valence-corrected chi connectivity index (χ4v) is 2.52. The van der Waals surface area contributed by atoms with Crippen molar-refractivity contribution >= 4 is 5.97 Å². The van der Waals surface area contributed by atoms with Gasteiger partial charge in [-0.25, -0.2) is 4.39 Å². The van der Waals surface area contributed by atoms with Crippen LogP contribution in [0.4, 0.5) is 4.39 Å². The maximum Gasteiger partial charge on any atom is 0.310 e. The van der Waals surface area contributed by atoms with Crippen LogP contribution in [-0.4, -0.2) is 16.7 Å². The molecule has 0 heterocycles. The van der Waals surface area contributed by atoms with Gasteiger partial charge in [-0.3, -0.25) is 4.79 Å². The molecule has 0 aromatic carbocycles. The number of hydrogen-bond donors (Lipinski definition) is 1. The minimum Gasteiger partial charge on any atom is -0.481 e. The number of rotatable bonds is 3. The highest BCUT2D eigenvalue weighted by atomic mass is 19.1. The molecule has 2 nitrogen and oxygen atoms in total. The van der Waals surface area contributed by atoms with Gasteiger partial charge in [0.05, 0.1) is 5.92 Å². The third-order valence-corrected chi connectivity index (χ3v) is 3.13. The number of carbonyl (C=O) groups is 1. The zero-order valence-corrected chi connectivity index (χ0v) is 8.92. The average molecular weight is 202 g/mol. The van der Waals surface area contributed by atoms with E-state index in [4.69, 9.17) is 5.11 Å². The second kappa shape index (κ2) is 4.28. The summed E-state index contributed by atoms with van der Waals surface area (Å²) in [5.41, 5.74) is -1.60. The Kier molecular flexibility index (Phi) is 3.51. The Labute approximate surface area is 84.5 Å². The molecule has 0 aromatic rings. The Balaban J connectivity index is 2.71. The maximum absolute atomic E-state index is 13.7. The van der Waals surface area contributed by atoms with Crippen LogP contribution < -0.4 is 0 Å². The van der Waals surface area contributed by atoms with Crippen LogP contribution in [0.15, 0.2) is 0 Å². The second-order valence-corrected chi connectivity index (χ2v) is 4.78. The van der Waals surface area contributed by atoms with Gasteiger partial charge in [0.15, 0.2) is 0 Å². The van der Waals surface area contributed by atoms with Gasteiger partial charge in [0.1, 0.15) is 5.67 Å². The fourth-order valence-electron chi connectivity index (χ4n) is 2.52. The smallest absolute Gasteiger partial charge is 0.310 e. The molecule has 0 aromatic heterocycles. The lowest BCUT2D eigenvalue weighted by molar-refractivity contribution is -0.150. The van der Waals surface area contributed by atoms with Gasteiger partial charge in [0.25, 0.3) is 0 Å². The van der Waals surface area contributed by atoms with Gasteiger partial charge in [0.2, 0.25) is 0 Å². The van der Waals surface area contributed by atoms with Crippen LogP contribution in [0.1, 0.15) is 46.0 Å². The molecule has 0 aliphatic heterocycles. The maximum atomic E-state index is 13.7. The molecule has 1 aliphatic rings. The Hall–Kier alpha value is -0.600. The summed E-state index contributed by atoms with van der Waals surface area (Å²) < 4.78 is 13.7. The third-order valence-electron chi connectivity index (χ3n) is 3.13. The van der Waals surface area contributed by atoms with E-state index in [1.165, 1.54) is 13.8 Å². The monoisotopic (exact) mass is 202 g/mol. The molecule has 14 heavy (non-hydrogen) atoms. The Morgan fingerprint density at radius 1 is 1.36 bits per heavy atom. The molecule has 82 valence electrons. The lowest BCUT2D eigenvalue weighted by Gasteiger charge is -2.33. The number of hydrogen-bond acceptors (Lipinski definition) is 1. The van der Waals surface area contributed by atoms with Crippen molar-refractivity contribution in [1.82, 2.24) is 0 Å². The van der Waals surface area contributed by atoms with Crippen LogP contribution in [0.5, 0.6) is 0 Å². The molecule has 1 rings (SSSR count). The number of carboxylic acid groups (broad SMARTS) is 1. The fraction of sp³-hybridized carbons (Fsp3) is 0.909. The number of carboxylic acids is 1. The number of alkyl halides is 1. The highest BCUT2D eigenvalue weighted by Crippen LogP contribution is 2.37. The molecule has 3 heteroatoms. The lowest BCUT2D eigenvalue weighted by atomic mass is 9.74. The average Bonchev–Trinajstić information content (AvgIpc) is 2.02. The minimum absolute atomic E-state index is 0.0289. The summed E-state index contributed by atoms with van der Waals surface area (Å²) in [6.45, 7) is 2.75. The van der Waals surface area contributed by atoms with E-state index < -0.39 is 17.6 Å². The molecular weight excluding hydrogens is 183 g/mol. The molecule has 0 amide bonds. The van der Waals surface area contributed by atoms with Crippen molar-refractivity contribution in [3.63, 3.8) is 0 Å². The molecule has 0 radical (unpaired) electrons. The van der Waals surface area contributed by atoms with Crippen LogP contribution in [0.3, 0.4) is 0 Å². The SMILES string of the molecule is CC(C)(F)C(C(=O)O)C1CCCCC1. The van der Waals surface area contributed by atoms with Crippen molar-refractivity contribution in [1.29, 1.82) is 0 Å². The van der Waals surface area contributed by atoms with E-state index in [1.807, 2.05) is 0 Å². The summed E-state index contributed by atoms with van der Waals surface area (Å²) in [4.78, 5) is 11.0. The summed E-state index contributed by atoms with van der Waals surface area (Å²) in [5, 5.41) is 9.02. The van der Waals surface area contributed by atoms with Crippen molar-refractivity contribution in [2.75, 3.05) is 0 Å². The Morgan fingerprint density at radius 2 is 1.86 bits per heavy atom. The van der Waals surface area contributed by atoms with Crippen molar-refractivity contribution in [3.05, 3.63) is 0 Å². The zero-order chi connectivity index (χ0) is 10.8. The quantitative estimate of drug-likeness (QED) is 0.763. The van der Waals surface area contributed by atoms with E-state index >= 15 is 0 Å². The first-order valence-electron chi connectivity index (χ1n) is 5.34. The van der Waals surface area contributed by atoms with Gasteiger partial charge in [-0.1, -0.05) is 19.3 Å².